The predicted molar refractivity (Wildman–Crippen MR) is 83.7 cm³/mol. The Morgan fingerprint density at radius 2 is 1.73 bits per heavy atom. The molecule has 0 aliphatic carbocycles. The highest BCUT2D eigenvalue weighted by Gasteiger charge is 2.22. The third kappa shape index (κ3) is 3.00. The Balaban J connectivity index is 1.66. The molecule has 0 atom stereocenters. The van der Waals surface area contributed by atoms with Crippen LogP contribution in [-0.2, 0) is 4.74 Å². The third-order valence-electron chi connectivity index (χ3n) is 3.76. The molecular formula is C16H18N4O2. The van der Waals surface area contributed by atoms with Gasteiger partial charge in [0.25, 0.3) is 0 Å². The predicted octanol–water partition coefficient (Wildman–Crippen LogP) is 2.03. The monoisotopic (exact) mass is 298 g/mol. The number of hydrogen-bond acceptors (Lipinski definition) is 5. The highest BCUT2D eigenvalue weighted by Crippen LogP contribution is 2.19. The van der Waals surface area contributed by atoms with Crippen molar-refractivity contribution in [2.75, 3.05) is 38.2 Å². The first-order valence-corrected chi connectivity index (χ1v) is 7.25. The van der Waals surface area contributed by atoms with Crippen molar-refractivity contribution in [1.82, 2.24) is 15.1 Å². The van der Waals surface area contributed by atoms with Gasteiger partial charge in [-0.15, -0.1) is 10.2 Å². The molecule has 1 saturated heterocycles. The highest BCUT2D eigenvalue weighted by atomic mass is 16.5. The molecule has 1 amide bonds. The lowest BCUT2D eigenvalue weighted by Crippen LogP contribution is -2.49. The summed E-state index contributed by atoms with van der Waals surface area (Å²) in [6.07, 6.45) is -0.273. The third-order valence-corrected chi connectivity index (χ3v) is 3.76. The molecule has 0 unspecified atom stereocenters. The second-order valence-corrected chi connectivity index (χ2v) is 5.09. The molecule has 2 heterocycles. The maximum Gasteiger partial charge on any atom is 0.409 e. The molecule has 1 aromatic carbocycles. The van der Waals surface area contributed by atoms with E-state index < -0.39 is 0 Å². The van der Waals surface area contributed by atoms with Crippen molar-refractivity contribution >= 4 is 11.9 Å². The second-order valence-electron chi connectivity index (χ2n) is 5.09. The number of ether oxygens (including phenoxy) is 1. The molecule has 3 rings (SSSR count). The van der Waals surface area contributed by atoms with E-state index in [1.807, 2.05) is 42.5 Å². The molecule has 1 fully saturated rings. The van der Waals surface area contributed by atoms with Crippen LogP contribution in [0.15, 0.2) is 42.5 Å². The zero-order valence-electron chi connectivity index (χ0n) is 12.5. The number of nitrogens with zero attached hydrogens (tertiary/aromatic N) is 4. The van der Waals surface area contributed by atoms with Gasteiger partial charge in [-0.1, -0.05) is 30.3 Å². The molecule has 114 valence electrons. The quantitative estimate of drug-likeness (QED) is 0.849. The fourth-order valence-corrected chi connectivity index (χ4v) is 2.50. The maximum atomic E-state index is 11.5. The van der Waals surface area contributed by atoms with Crippen molar-refractivity contribution in [3.05, 3.63) is 42.5 Å². The fourth-order valence-electron chi connectivity index (χ4n) is 2.50. The standard InChI is InChI=1S/C16H18N4O2/c1-22-16(21)20-11-9-19(10-12-20)15-8-7-14(17-18-15)13-5-3-2-4-6-13/h2-8H,9-12H2,1H3. The minimum atomic E-state index is -0.273. The summed E-state index contributed by atoms with van der Waals surface area (Å²) < 4.78 is 4.74. The number of rotatable bonds is 2. The van der Waals surface area contributed by atoms with Gasteiger partial charge in [0.05, 0.1) is 12.8 Å². The van der Waals surface area contributed by atoms with Gasteiger partial charge in [0.1, 0.15) is 0 Å². The average molecular weight is 298 g/mol. The Kier molecular flexibility index (Phi) is 4.18. The molecule has 2 aromatic rings. The molecule has 1 aliphatic rings. The molecule has 6 heteroatoms. The summed E-state index contributed by atoms with van der Waals surface area (Å²) in [6, 6.07) is 13.9. The first-order valence-electron chi connectivity index (χ1n) is 7.25. The van der Waals surface area contributed by atoms with E-state index in [0.717, 1.165) is 30.2 Å². The summed E-state index contributed by atoms with van der Waals surface area (Å²) >= 11 is 0. The summed E-state index contributed by atoms with van der Waals surface area (Å²) in [4.78, 5) is 15.3. The Bertz CT molecular complexity index is 622. The minimum Gasteiger partial charge on any atom is -0.453 e. The summed E-state index contributed by atoms with van der Waals surface area (Å²) in [5.74, 6) is 0.837. The summed E-state index contributed by atoms with van der Waals surface area (Å²) in [7, 11) is 1.41. The van der Waals surface area contributed by atoms with Crippen molar-refractivity contribution in [3.63, 3.8) is 0 Å². The molecular weight excluding hydrogens is 280 g/mol. The van der Waals surface area contributed by atoms with E-state index in [0.29, 0.717) is 13.1 Å². The van der Waals surface area contributed by atoms with E-state index in [2.05, 4.69) is 15.1 Å². The fraction of sp³-hybridized carbons (Fsp3) is 0.312. The summed E-state index contributed by atoms with van der Waals surface area (Å²) in [6.45, 7) is 2.73. The number of amides is 1. The number of carbonyl (C=O) groups is 1. The number of anilines is 1. The molecule has 6 nitrogen and oxygen atoms in total. The zero-order valence-corrected chi connectivity index (χ0v) is 12.5. The zero-order chi connectivity index (χ0) is 15.4. The number of aromatic nitrogens is 2. The number of methoxy groups -OCH3 is 1. The normalized spacial score (nSPS) is 14.8. The molecule has 1 aromatic heterocycles. The molecule has 0 radical (unpaired) electrons. The van der Waals surface area contributed by atoms with Gasteiger partial charge >= 0.3 is 6.09 Å². The maximum absolute atomic E-state index is 11.5. The van der Waals surface area contributed by atoms with Crippen molar-refractivity contribution in [2.45, 2.75) is 0 Å². The summed E-state index contributed by atoms with van der Waals surface area (Å²) in [5.41, 5.74) is 1.91. The van der Waals surface area contributed by atoms with Crippen LogP contribution in [-0.4, -0.2) is 54.5 Å². The lowest BCUT2D eigenvalue weighted by Gasteiger charge is -2.34. The molecule has 1 aliphatic heterocycles. The Morgan fingerprint density at radius 1 is 1.00 bits per heavy atom. The van der Waals surface area contributed by atoms with Gasteiger partial charge in [-0.3, -0.25) is 0 Å². The second kappa shape index (κ2) is 6.43. The van der Waals surface area contributed by atoms with Crippen LogP contribution in [0.1, 0.15) is 0 Å². The number of carbonyl (C=O) groups excluding carboxylic acids is 1. The van der Waals surface area contributed by atoms with E-state index >= 15 is 0 Å². The Morgan fingerprint density at radius 3 is 2.32 bits per heavy atom. The van der Waals surface area contributed by atoms with Gasteiger partial charge in [0.15, 0.2) is 5.82 Å². The van der Waals surface area contributed by atoms with Crippen molar-refractivity contribution < 1.29 is 9.53 Å². The van der Waals surface area contributed by atoms with Gasteiger partial charge in [-0.05, 0) is 12.1 Å². The van der Waals surface area contributed by atoms with Gasteiger partial charge in [0.2, 0.25) is 0 Å². The molecule has 0 spiro atoms. The van der Waals surface area contributed by atoms with Crippen molar-refractivity contribution in [2.24, 2.45) is 0 Å². The van der Waals surface area contributed by atoms with Crippen LogP contribution in [0.4, 0.5) is 10.6 Å². The van der Waals surface area contributed by atoms with E-state index in [1.165, 1.54) is 7.11 Å². The van der Waals surface area contributed by atoms with Gasteiger partial charge < -0.3 is 14.5 Å². The van der Waals surface area contributed by atoms with Crippen LogP contribution in [0.3, 0.4) is 0 Å². The lowest BCUT2D eigenvalue weighted by molar-refractivity contribution is 0.121. The first kappa shape index (κ1) is 14.3. The Hall–Kier alpha value is -2.63. The smallest absolute Gasteiger partial charge is 0.409 e. The number of piperazine rings is 1. The first-order chi connectivity index (χ1) is 10.8. The minimum absolute atomic E-state index is 0.273. The largest absolute Gasteiger partial charge is 0.453 e. The van der Waals surface area contributed by atoms with Crippen LogP contribution in [0.5, 0.6) is 0 Å². The molecule has 0 N–H and O–H groups in total. The van der Waals surface area contributed by atoms with Crippen molar-refractivity contribution in [1.29, 1.82) is 0 Å². The average Bonchev–Trinajstić information content (AvgIpc) is 2.62. The van der Waals surface area contributed by atoms with E-state index in [9.17, 15) is 4.79 Å². The molecule has 0 saturated carbocycles. The summed E-state index contributed by atoms with van der Waals surface area (Å²) in [5, 5.41) is 8.61. The van der Waals surface area contributed by atoms with Gasteiger partial charge in [-0.25, -0.2) is 4.79 Å². The van der Waals surface area contributed by atoms with Crippen molar-refractivity contribution in [3.8, 4) is 11.3 Å². The van der Waals surface area contributed by atoms with E-state index in [-0.39, 0.29) is 6.09 Å². The van der Waals surface area contributed by atoms with Crippen LogP contribution in [0.25, 0.3) is 11.3 Å². The van der Waals surface area contributed by atoms with E-state index in [1.54, 1.807) is 4.90 Å². The Labute approximate surface area is 129 Å². The number of hydrogen-bond donors (Lipinski definition) is 0. The van der Waals surface area contributed by atoms with Gasteiger partial charge in [0, 0.05) is 31.7 Å². The lowest BCUT2D eigenvalue weighted by atomic mass is 10.1. The van der Waals surface area contributed by atoms with Gasteiger partial charge in [-0.2, -0.15) is 0 Å². The SMILES string of the molecule is COC(=O)N1CCN(c2ccc(-c3ccccc3)nn2)CC1. The van der Waals surface area contributed by atoms with E-state index in [4.69, 9.17) is 4.74 Å². The molecule has 22 heavy (non-hydrogen) atoms. The highest BCUT2D eigenvalue weighted by molar-refractivity contribution is 5.68. The van der Waals surface area contributed by atoms with Crippen LogP contribution in [0.2, 0.25) is 0 Å². The topological polar surface area (TPSA) is 58.6 Å². The van der Waals surface area contributed by atoms with Crippen LogP contribution in [0, 0.1) is 0 Å². The van der Waals surface area contributed by atoms with Crippen LogP contribution < -0.4 is 4.90 Å². The van der Waals surface area contributed by atoms with Crippen LogP contribution >= 0.6 is 0 Å². The number of benzene rings is 1. The molecule has 0 bridgehead atoms.